The van der Waals surface area contributed by atoms with Gasteiger partial charge in [0.15, 0.2) is 0 Å². The lowest BCUT2D eigenvalue weighted by Gasteiger charge is -2.35. The first kappa shape index (κ1) is 21.1. The van der Waals surface area contributed by atoms with Gasteiger partial charge in [-0.15, -0.1) is 0 Å². The molecule has 0 fully saturated rings. The zero-order valence-electron chi connectivity index (χ0n) is 18.7. The van der Waals surface area contributed by atoms with Crippen molar-refractivity contribution in [3.05, 3.63) is 56.8 Å². The second kappa shape index (κ2) is 8.53. The van der Waals surface area contributed by atoms with Crippen molar-refractivity contribution in [1.82, 2.24) is 24.9 Å². The molecule has 1 aliphatic rings. The van der Waals surface area contributed by atoms with E-state index in [0.717, 1.165) is 24.9 Å². The van der Waals surface area contributed by atoms with Crippen LogP contribution in [-0.4, -0.2) is 38.1 Å². The van der Waals surface area contributed by atoms with Crippen LogP contribution in [0.3, 0.4) is 0 Å². The predicted molar refractivity (Wildman–Crippen MR) is 120 cm³/mol. The molecule has 8 nitrogen and oxygen atoms in total. The van der Waals surface area contributed by atoms with E-state index in [9.17, 15) is 9.59 Å². The van der Waals surface area contributed by atoms with Gasteiger partial charge in [0.2, 0.25) is 5.91 Å². The Morgan fingerprint density at radius 3 is 2.84 bits per heavy atom. The molecule has 0 spiro atoms. The molecule has 0 saturated heterocycles. The van der Waals surface area contributed by atoms with Crippen LogP contribution >= 0.6 is 0 Å². The maximum absolute atomic E-state index is 12.7. The molecule has 0 aliphatic carbocycles. The average molecular weight is 423 g/mol. The van der Waals surface area contributed by atoms with Gasteiger partial charge in [-0.25, -0.2) is 4.98 Å². The molecule has 0 unspecified atom stereocenters. The van der Waals surface area contributed by atoms with Gasteiger partial charge in [0.1, 0.15) is 5.82 Å². The Morgan fingerprint density at radius 1 is 1.26 bits per heavy atom. The number of hydrogen-bond donors (Lipinski definition) is 2. The lowest BCUT2D eigenvalue weighted by Crippen LogP contribution is -2.35. The fraction of sp³-hybridized carbons (Fsp3) is 0.478. The summed E-state index contributed by atoms with van der Waals surface area (Å²) in [6.07, 6.45) is 2.82. The topological polar surface area (TPSA) is 95.4 Å². The van der Waals surface area contributed by atoms with Crippen molar-refractivity contribution >= 4 is 17.4 Å². The van der Waals surface area contributed by atoms with Crippen molar-refractivity contribution in [2.45, 2.75) is 66.0 Å². The molecule has 4 rings (SSSR count). The molecule has 2 aromatic heterocycles. The monoisotopic (exact) mass is 422 g/mol. The number of fused-ring (bicyclic) bond motifs is 2. The summed E-state index contributed by atoms with van der Waals surface area (Å²) < 4.78 is 1.34. The van der Waals surface area contributed by atoms with Gasteiger partial charge in [-0.2, -0.15) is 9.50 Å². The van der Waals surface area contributed by atoms with E-state index in [1.54, 1.807) is 13.8 Å². The number of aryl methyl sites for hydroxylation is 3. The van der Waals surface area contributed by atoms with Crippen molar-refractivity contribution in [1.29, 1.82) is 0 Å². The van der Waals surface area contributed by atoms with E-state index in [1.807, 2.05) is 0 Å². The van der Waals surface area contributed by atoms with E-state index >= 15 is 0 Å². The number of anilines is 1. The van der Waals surface area contributed by atoms with Crippen LogP contribution in [-0.2, 0) is 24.2 Å². The van der Waals surface area contributed by atoms with Gasteiger partial charge in [0.05, 0.1) is 5.69 Å². The average Bonchev–Trinajstić information content (AvgIpc) is 3.11. The number of H-pyrrole nitrogens is 1. The molecule has 0 bridgehead atoms. The van der Waals surface area contributed by atoms with E-state index in [1.165, 1.54) is 15.8 Å². The van der Waals surface area contributed by atoms with Gasteiger partial charge in [0.25, 0.3) is 11.3 Å². The quantitative estimate of drug-likeness (QED) is 0.636. The number of benzene rings is 1. The van der Waals surface area contributed by atoms with Crippen LogP contribution in [0.4, 0.5) is 5.69 Å². The summed E-state index contributed by atoms with van der Waals surface area (Å²) in [5.41, 5.74) is 4.73. The number of carbonyl (C=O) groups excluding carboxylic acids is 1. The van der Waals surface area contributed by atoms with Crippen LogP contribution in [0.5, 0.6) is 0 Å². The maximum atomic E-state index is 12.7. The molecule has 1 aromatic carbocycles. The largest absolute Gasteiger partial charge is 0.369 e. The summed E-state index contributed by atoms with van der Waals surface area (Å²) >= 11 is 0. The summed E-state index contributed by atoms with van der Waals surface area (Å²) in [7, 11) is 0. The first-order valence-corrected chi connectivity index (χ1v) is 10.9. The zero-order chi connectivity index (χ0) is 22.1. The normalized spacial score (nSPS) is 13.6. The van der Waals surface area contributed by atoms with Crippen LogP contribution in [0.1, 0.15) is 54.9 Å². The summed E-state index contributed by atoms with van der Waals surface area (Å²) in [5.74, 6) is 0.906. The molecule has 1 amide bonds. The third-order valence-electron chi connectivity index (χ3n) is 5.92. The highest BCUT2D eigenvalue weighted by Crippen LogP contribution is 2.29. The molecule has 3 aromatic rings. The van der Waals surface area contributed by atoms with Gasteiger partial charge in [-0.3, -0.25) is 14.7 Å². The number of aromatic amines is 1. The van der Waals surface area contributed by atoms with E-state index < -0.39 is 0 Å². The van der Waals surface area contributed by atoms with Crippen molar-refractivity contribution in [2.24, 2.45) is 0 Å². The highest BCUT2D eigenvalue weighted by molar-refractivity contribution is 5.76. The first-order chi connectivity index (χ1) is 14.8. The van der Waals surface area contributed by atoms with E-state index in [2.05, 4.69) is 57.3 Å². The minimum absolute atomic E-state index is 0.0776. The minimum atomic E-state index is -0.194. The molecular formula is C23H30N6O2. The van der Waals surface area contributed by atoms with Gasteiger partial charge in [0, 0.05) is 36.8 Å². The van der Waals surface area contributed by atoms with Crippen LogP contribution < -0.4 is 15.8 Å². The summed E-state index contributed by atoms with van der Waals surface area (Å²) in [6, 6.07) is 6.96. The molecule has 3 heterocycles. The van der Waals surface area contributed by atoms with Gasteiger partial charge in [-0.1, -0.05) is 12.1 Å². The number of rotatable bonds is 6. The molecule has 2 N–H and O–H groups in total. The van der Waals surface area contributed by atoms with E-state index in [4.69, 9.17) is 0 Å². The molecule has 0 atom stereocenters. The maximum Gasteiger partial charge on any atom is 0.277 e. The third kappa shape index (κ3) is 4.33. The number of hydrogen-bond acceptors (Lipinski definition) is 5. The molecule has 8 heteroatoms. The number of amides is 1. The van der Waals surface area contributed by atoms with Gasteiger partial charge < -0.3 is 10.2 Å². The number of carbonyl (C=O) groups is 1. The number of nitrogens with one attached hydrogen (secondary N) is 2. The second-order valence-corrected chi connectivity index (χ2v) is 8.56. The molecule has 1 aliphatic heterocycles. The summed E-state index contributed by atoms with van der Waals surface area (Å²) in [4.78, 5) is 36.1. The standard InChI is InChI=1S/C23H30N6O2/c1-14(2)28-11-5-6-18-12-17(7-9-20(18)28)13-24-21(30)10-8-19-15(3)25-23-26-16(4)27-29(23)22(19)31/h7,9,12,14H,5-6,8,10-11,13H2,1-4H3,(H,24,30)(H,25,26,27). The Bertz CT molecular complexity index is 1180. The fourth-order valence-electron chi connectivity index (χ4n) is 4.30. The van der Waals surface area contributed by atoms with Crippen LogP contribution in [0.25, 0.3) is 5.78 Å². The minimum Gasteiger partial charge on any atom is -0.369 e. The van der Waals surface area contributed by atoms with E-state index in [-0.39, 0.29) is 17.9 Å². The van der Waals surface area contributed by atoms with E-state index in [0.29, 0.717) is 41.9 Å². The molecular weight excluding hydrogens is 392 g/mol. The Labute approximate surface area is 181 Å². The molecule has 164 valence electrons. The van der Waals surface area contributed by atoms with Crippen molar-refractivity contribution in [3.8, 4) is 0 Å². The third-order valence-corrected chi connectivity index (χ3v) is 5.92. The smallest absolute Gasteiger partial charge is 0.277 e. The molecule has 0 radical (unpaired) electrons. The van der Waals surface area contributed by atoms with Gasteiger partial charge in [-0.05, 0) is 64.2 Å². The van der Waals surface area contributed by atoms with Crippen LogP contribution in [0.2, 0.25) is 0 Å². The molecule has 31 heavy (non-hydrogen) atoms. The highest BCUT2D eigenvalue weighted by atomic mass is 16.1. The predicted octanol–water partition coefficient (Wildman–Crippen LogP) is 2.44. The zero-order valence-corrected chi connectivity index (χ0v) is 18.7. The number of nitrogens with zero attached hydrogens (tertiary/aromatic N) is 4. The summed E-state index contributed by atoms with van der Waals surface area (Å²) in [6.45, 7) is 9.58. The van der Waals surface area contributed by atoms with Crippen molar-refractivity contribution in [2.75, 3.05) is 11.4 Å². The fourth-order valence-corrected chi connectivity index (χ4v) is 4.30. The Kier molecular flexibility index (Phi) is 5.80. The van der Waals surface area contributed by atoms with Gasteiger partial charge >= 0.3 is 0 Å². The van der Waals surface area contributed by atoms with Crippen molar-refractivity contribution < 1.29 is 4.79 Å². The van der Waals surface area contributed by atoms with Crippen molar-refractivity contribution in [3.63, 3.8) is 0 Å². The highest BCUT2D eigenvalue weighted by Gasteiger charge is 2.19. The molecule has 0 saturated carbocycles. The Balaban J connectivity index is 1.38. The SMILES string of the molecule is Cc1nc2nc(C)c(CCC(=O)NCc3ccc4c(c3)CCCN4C(C)C)c(=O)n2[nH]1. The summed E-state index contributed by atoms with van der Waals surface area (Å²) in [5, 5.41) is 5.88. The number of aromatic nitrogens is 4. The Hall–Kier alpha value is -3.16. The van der Waals surface area contributed by atoms with Crippen LogP contribution in [0, 0.1) is 13.8 Å². The Morgan fingerprint density at radius 2 is 2.06 bits per heavy atom. The van der Waals surface area contributed by atoms with Crippen LogP contribution in [0.15, 0.2) is 23.0 Å². The first-order valence-electron chi connectivity index (χ1n) is 10.9. The lowest BCUT2D eigenvalue weighted by atomic mass is 9.98. The lowest BCUT2D eigenvalue weighted by molar-refractivity contribution is -0.121. The second-order valence-electron chi connectivity index (χ2n) is 8.56.